The van der Waals surface area contributed by atoms with Crippen LogP contribution in [0.5, 0.6) is 11.5 Å². The number of carboxylic acid groups (broad SMARTS) is 1. The van der Waals surface area contributed by atoms with Gasteiger partial charge >= 0.3 is 5.97 Å². The van der Waals surface area contributed by atoms with Gasteiger partial charge in [-0.1, -0.05) is 17.7 Å². The van der Waals surface area contributed by atoms with Crippen LogP contribution in [0.3, 0.4) is 0 Å². The Morgan fingerprint density at radius 3 is 2.89 bits per heavy atom. The number of hydrogen-bond donors (Lipinski definition) is 1. The van der Waals surface area contributed by atoms with Crippen LogP contribution in [0.15, 0.2) is 12.1 Å². The van der Waals surface area contributed by atoms with Crippen molar-refractivity contribution < 1.29 is 19.4 Å². The van der Waals surface area contributed by atoms with Gasteiger partial charge in [-0.25, -0.2) is 0 Å². The normalized spacial score (nSPS) is 18.7. The van der Waals surface area contributed by atoms with Gasteiger partial charge in [0.1, 0.15) is 0 Å². The van der Waals surface area contributed by atoms with Crippen LogP contribution in [-0.2, 0) is 4.79 Å². The molecule has 0 spiro atoms. The summed E-state index contributed by atoms with van der Waals surface area (Å²) in [5.74, 6) is 0.794. The Labute approximate surface area is 109 Å². The Bertz CT molecular complexity index is 496. The first-order valence-electron chi connectivity index (χ1n) is 5.96. The van der Waals surface area contributed by atoms with Crippen molar-refractivity contribution in [3.63, 3.8) is 0 Å². The molecular weight excluding hydrogens is 256 g/mol. The molecule has 1 fully saturated rings. The predicted molar refractivity (Wildman–Crippen MR) is 65.3 cm³/mol. The van der Waals surface area contributed by atoms with Crippen LogP contribution < -0.4 is 9.47 Å². The molecule has 3 rings (SSSR count). The largest absolute Gasteiger partial charge is 0.481 e. The van der Waals surface area contributed by atoms with E-state index in [2.05, 4.69) is 0 Å². The summed E-state index contributed by atoms with van der Waals surface area (Å²) < 4.78 is 10.6. The topological polar surface area (TPSA) is 55.8 Å². The lowest BCUT2D eigenvalue weighted by molar-refractivity contribution is -0.137. The van der Waals surface area contributed by atoms with E-state index in [0.717, 1.165) is 18.4 Å². The van der Waals surface area contributed by atoms with Gasteiger partial charge in [0, 0.05) is 0 Å². The number of halogens is 1. The molecule has 96 valence electrons. The van der Waals surface area contributed by atoms with Crippen molar-refractivity contribution in [2.75, 3.05) is 6.79 Å². The quantitative estimate of drug-likeness (QED) is 0.912. The molecule has 18 heavy (non-hydrogen) atoms. The van der Waals surface area contributed by atoms with Gasteiger partial charge in [0.2, 0.25) is 6.79 Å². The van der Waals surface area contributed by atoms with E-state index in [-0.39, 0.29) is 19.1 Å². The molecule has 0 amide bonds. The molecule has 1 aromatic rings. The zero-order valence-corrected chi connectivity index (χ0v) is 10.4. The van der Waals surface area contributed by atoms with Crippen LogP contribution in [0.1, 0.15) is 30.7 Å². The third-order valence-corrected chi connectivity index (χ3v) is 3.88. The van der Waals surface area contributed by atoms with E-state index in [1.54, 1.807) is 6.07 Å². The molecule has 0 saturated heterocycles. The van der Waals surface area contributed by atoms with Crippen molar-refractivity contribution in [1.29, 1.82) is 0 Å². The standard InChI is InChI=1S/C13H13ClO4/c14-12-8(3-4-10-13(12)18-6-17-10)9(5-11(15)16)7-1-2-7/h3-4,7,9H,1-2,5-6H2,(H,15,16). The average molecular weight is 269 g/mol. The molecule has 2 aliphatic rings. The van der Waals surface area contributed by atoms with Gasteiger partial charge < -0.3 is 14.6 Å². The van der Waals surface area contributed by atoms with Crippen LogP contribution in [0, 0.1) is 5.92 Å². The first kappa shape index (κ1) is 11.7. The lowest BCUT2D eigenvalue weighted by Gasteiger charge is -2.16. The summed E-state index contributed by atoms with van der Waals surface area (Å²) in [6, 6.07) is 3.67. The highest BCUT2D eigenvalue weighted by atomic mass is 35.5. The van der Waals surface area contributed by atoms with Crippen molar-refractivity contribution in [2.24, 2.45) is 5.92 Å². The van der Waals surface area contributed by atoms with Gasteiger partial charge in [-0.15, -0.1) is 0 Å². The van der Waals surface area contributed by atoms with E-state index >= 15 is 0 Å². The van der Waals surface area contributed by atoms with E-state index < -0.39 is 5.97 Å². The highest BCUT2D eigenvalue weighted by Gasteiger charge is 2.36. The summed E-state index contributed by atoms with van der Waals surface area (Å²) in [6.07, 6.45) is 2.26. The van der Waals surface area contributed by atoms with Crippen molar-refractivity contribution in [3.8, 4) is 11.5 Å². The smallest absolute Gasteiger partial charge is 0.303 e. The van der Waals surface area contributed by atoms with E-state index in [1.165, 1.54) is 0 Å². The van der Waals surface area contributed by atoms with Crippen molar-refractivity contribution in [3.05, 3.63) is 22.7 Å². The molecular formula is C13H13ClO4. The molecule has 1 atom stereocenters. The zero-order chi connectivity index (χ0) is 12.7. The van der Waals surface area contributed by atoms with Crippen LogP contribution >= 0.6 is 11.6 Å². The molecule has 0 bridgehead atoms. The van der Waals surface area contributed by atoms with Crippen molar-refractivity contribution in [2.45, 2.75) is 25.2 Å². The molecule has 1 N–H and O–H groups in total. The van der Waals surface area contributed by atoms with Gasteiger partial charge in [-0.05, 0) is 36.3 Å². The molecule has 5 heteroatoms. The van der Waals surface area contributed by atoms with E-state index in [4.69, 9.17) is 26.2 Å². The number of benzene rings is 1. The minimum Gasteiger partial charge on any atom is -0.481 e. The van der Waals surface area contributed by atoms with Crippen LogP contribution in [0.2, 0.25) is 5.02 Å². The van der Waals surface area contributed by atoms with Crippen molar-refractivity contribution in [1.82, 2.24) is 0 Å². The molecule has 1 heterocycles. The summed E-state index contributed by atoms with van der Waals surface area (Å²) in [5.41, 5.74) is 0.866. The zero-order valence-electron chi connectivity index (χ0n) is 9.69. The fourth-order valence-corrected chi connectivity index (χ4v) is 2.81. The highest BCUT2D eigenvalue weighted by molar-refractivity contribution is 6.33. The number of aliphatic carboxylic acids is 1. The second-order valence-electron chi connectivity index (χ2n) is 4.74. The van der Waals surface area contributed by atoms with Crippen LogP contribution in [-0.4, -0.2) is 17.9 Å². The Hall–Kier alpha value is -1.42. The van der Waals surface area contributed by atoms with Gasteiger partial charge in [-0.3, -0.25) is 4.79 Å². The fourth-order valence-electron chi connectivity index (χ4n) is 2.46. The number of rotatable bonds is 4. The molecule has 1 saturated carbocycles. The van der Waals surface area contributed by atoms with Gasteiger partial charge in [0.05, 0.1) is 11.4 Å². The molecule has 1 unspecified atom stereocenters. The number of fused-ring (bicyclic) bond motifs is 1. The maximum absolute atomic E-state index is 11.0. The average Bonchev–Trinajstić information content (AvgIpc) is 3.05. The summed E-state index contributed by atoms with van der Waals surface area (Å²) in [6.45, 7) is 0.172. The first-order valence-corrected chi connectivity index (χ1v) is 6.34. The Kier molecular flexibility index (Phi) is 2.82. The van der Waals surface area contributed by atoms with Gasteiger partial charge in [0.15, 0.2) is 11.5 Å². The number of ether oxygens (including phenoxy) is 2. The predicted octanol–water partition coefficient (Wildman–Crippen LogP) is 3.04. The van der Waals surface area contributed by atoms with Crippen LogP contribution in [0.4, 0.5) is 0 Å². The lowest BCUT2D eigenvalue weighted by atomic mass is 9.90. The molecule has 1 aromatic carbocycles. The van der Waals surface area contributed by atoms with E-state index in [1.807, 2.05) is 6.07 Å². The lowest BCUT2D eigenvalue weighted by Crippen LogP contribution is -2.09. The maximum Gasteiger partial charge on any atom is 0.303 e. The maximum atomic E-state index is 11.0. The highest BCUT2D eigenvalue weighted by Crippen LogP contribution is 2.50. The second kappa shape index (κ2) is 4.35. The summed E-state index contributed by atoms with van der Waals surface area (Å²) in [4.78, 5) is 11.0. The Morgan fingerprint density at radius 2 is 2.22 bits per heavy atom. The Balaban J connectivity index is 1.96. The summed E-state index contributed by atoms with van der Waals surface area (Å²) in [7, 11) is 0. The number of carbonyl (C=O) groups is 1. The third kappa shape index (κ3) is 2.01. The number of hydrogen-bond acceptors (Lipinski definition) is 3. The second-order valence-corrected chi connectivity index (χ2v) is 5.12. The van der Waals surface area contributed by atoms with Gasteiger partial charge in [0.25, 0.3) is 0 Å². The molecule has 1 aliphatic heterocycles. The molecule has 1 aliphatic carbocycles. The molecule has 0 radical (unpaired) electrons. The van der Waals surface area contributed by atoms with Gasteiger partial charge in [-0.2, -0.15) is 0 Å². The monoisotopic (exact) mass is 268 g/mol. The SMILES string of the molecule is O=C(O)CC(c1ccc2c(c1Cl)OCO2)C1CC1. The van der Waals surface area contributed by atoms with E-state index in [0.29, 0.717) is 22.4 Å². The molecule has 0 aromatic heterocycles. The molecule has 4 nitrogen and oxygen atoms in total. The minimum absolute atomic E-state index is 0.0236. The first-order chi connectivity index (χ1) is 8.66. The summed E-state index contributed by atoms with van der Waals surface area (Å²) >= 11 is 6.31. The van der Waals surface area contributed by atoms with Crippen LogP contribution in [0.25, 0.3) is 0 Å². The summed E-state index contributed by atoms with van der Waals surface area (Å²) in [5, 5.41) is 9.51. The third-order valence-electron chi connectivity index (χ3n) is 3.49. The fraction of sp³-hybridized carbons (Fsp3) is 0.462. The minimum atomic E-state index is -0.791. The van der Waals surface area contributed by atoms with Crippen molar-refractivity contribution >= 4 is 17.6 Å². The Morgan fingerprint density at radius 1 is 1.44 bits per heavy atom. The number of carboxylic acids is 1. The van der Waals surface area contributed by atoms with E-state index in [9.17, 15) is 4.79 Å².